The zero-order valence-electron chi connectivity index (χ0n) is 15.6. The molecule has 3 rings (SSSR count). The first-order chi connectivity index (χ1) is 14.1. The minimum absolute atomic E-state index is 0.0220. The number of alkyl carbamates (subject to hydrolysis) is 1. The van der Waals surface area contributed by atoms with Crippen LogP contribution in [0.2, 0.25) is 0 Å². The van der Waals surface area contributed by atoms with Crippen molar-refractivity contribution in [1.29, 1.82) is 0 Å². The fourth-order valence-corrected chi connectivity index (χ4v) is 2.50. The number of carbonyl (C=O) groups is 3. The molecule has 8 heteroatoms. The van der Waals surface area contributed by atoms with E-state index >= 15 is 0 Å². The third-order valence-corrected chi connectivity index (χ3v) is 3.98. The van der Waals surface area contributed by atoms with Crippen molar-refractivity contribution in [3.63, 3.8) is 0 Å². The number of para-hydroxylation sites is 1. The van der Waals surface area contributed by atoms with Crippen LogP contribution in [0.15, 0.2) is 66.7 Å². The van der Waals surface area contributed by atoms with Gasteiger partial charge in [-0.25, -0.2) is 9.78 Å². The number of benzene rings is 2. The van der Waals surface area contributed by atoms with Gasteiger partial charge >= 0.3 is 6.09 Å². The first-order valence-electron chi connectivity index (χ1n) is 9.01. The monoisotopic (exact) mass is 392 g/mol. The van der Waals surface area contributed by atoms with Crippen LogP contribution in [0.4, 0.5) is 4.79 Å². The van der Waals surface area contributed by atoms with E-state index in [0.717, 1.165) is 10.9 Å². The van der Waals surface area contributed by atoms with Crippen LogP contribution in [0.5, 0.6) is 0 Å². The highest BCUT2D eigenvalue weighted by Crippen LogP contribution is 2.11. The molecule has 0 fully saturated rings. The van der Waals surface area contributed by atoms with Crippen molar-refractivity contribution in [3.8, 4) is 0 Å². The van der Waals surface area contributed by atoms with Gasteiger partial charge in [0.15, 0.2) is 0 Å². The molecule has 148 valence electrons. The Labute approximate surface area is 167 Å². The van der Waals surface area contributed by atoms with Gasteiger partial charge in [-0.1, -0.05) is 54.6 Å². The predicted octanol–water partition coefficient (Wildman–Crippen LogP) is 2.31. The fraction of sp³-hybridized carbons (Fsp3) is 0.143. The van der Waals surface area contributed by atoms with Crippen molar-refractivity contribution in [3.05, 3.63) is 78.0 Å². The summed E-state index contributed by atoms with van der Waals surface area (Å²) in [6, 6.07) is 20.0. The quantitative estimate of drug-likeness (QED) is 0.558. The summed E-state index contributed by atoms with van der Waals surface area (Å²) < 4.78 is 5.04. The lowest BCUT2D eigenvalue weighted by Gasteiger charge is -2.09. The SMILES string of the molecule is O=C(CCNC(=O)OCc1ccccc1)NNC(=O)c1ccc2ccccc2n1. The van der Waals surface area contributed by atoms with Crippen molar-refractivity contribution in [1.82, 2.24) is 21.2 Å². The average molecular weight is 392 g/mol. The van der Waals surface area contributed by atoms with Crippen molar-refractivity contribution in [2.45, 2.75) is 13.0 Å². The Bertz CT molecular complexity index is 1010. The Morgan fingerprint density at radius 3 is 2.45 bits per heavy atom. The van der Waals surface area contributed by atoms with Crippen LogP contribution >= 0.6 is 0 Å². The van der Waals surface area contributed by atoms with Gasteiger partial charge in [-0.2, -0.15) is 0 Å². The summed E-state index contributed by atoms with van der Waals surface area (Å²) in [6.45, 7) is 0.219. The van der Waals surface area contributed by atoms with E-state index in [9.17, 15) is 14.4 Å². The molecule has 0 saturated carbocycles. The van der Waals surface area contributed by atoms with Crippen molar-refractivity contribution < 1.29 is 19.1 Å². The number of hydrogen-bond acceptors (Lipinski definition) is 5. The van der Waals surface area contributed by atoms with Crippen molar-refractivity contribution >= 4 is 28.8 Å². The van der Waals surface area contributed by atoms with Crippen LogP contribution in [0.1, 0.15) is 22.5 Å². The van der Waals surface area contributed by atoms with Crippen molar-refractivity contribution in [2.24, 2.45) is 0 Å². The molecule has 8 nitrogen and oxygen atoms in total. The van der Waals surface area contributed by atoms with E-state index < -0.39 is 17.9 Å². The molecule has 0 aliphatic heterocycles. The van der Waals surface area contributed by atoms with Gasteiger partial charge in [-0.15, -0.1) is 0 Å². The largest absolute Gasteiger partial charge is 0.445 e. The molecule has 29 heavy (non-hydrogen) atoms. The molecule has 3 aromatic rings. The molecule has 0 spiro atoms. The molecule has 3 amide bonds. The van der Waals surface area contributed by atoms with E-state index in [1.165, 1.54) is 0 Å². The molecule has 1 heterocycles. The number of nitrogens with zero attached hydrogens (tertiary/aromatic N) is 1. The second-order valence-electron chi connectivity index (χ2n) is 6.13. The van der Waals surface area contributed by atoms with Crippen molar-refractivity contribution in [2.75, 3.05) is 6.54 Å². The first kappa shape index (κ1) is 19.8. The molecule has 0 atom stereocenters. The molecule has 0 bridgehead atoms. The Balaban J connectivity index is 1.35. The van der Waals surface area contributed by atoms with E-state index in [-0.39, 0.29) is 25.3 Å². The van der Waals surface area contributed by atoms with Gasteiger partial charge in [-0.05, 0) is 17.7 Å². The molecule has 0 aliphatic rings. The van der Waals surface area contributed by atoms with Gasteiger partial charge in [-0.3, -0.25) is 20.4 Å². The number of pyridine rings is 1. The van der Waals surface area contributed by atoms with Gasteiger partial charge in [0.25, 0.3) is 5.91 Å². The molecule has 0 unspecified atom stereocenters. The maximum atomic E-state index is 12.1. The topological polar surface area (TPSA) is 109 Å². The maximum Gasteiger partial charge on any atom is 0.407 e. The number of amides is 3. The van der Waals surface area contributed by atoms with Crippen LogP contribution in [-0.2, 0) is 16.1 Å². The second kappa shape index (κ2) is 9.84. The molecule has 0 radical (unpaired) electrons. The third kappa shape index (κ3) is 6.03. The first-order valence-corrected chi connectivity index (χ1v) is 9.01. The minimum Gasteiger partial charge on any atom is -0.445 e. The van der Waals surface area contributed by atoms with Gasteiger partial charge in [0, 0.05) is 18.4 Å². The van der Waals surface area contributed by atoms with Crippen LogP contribution in [-0.4, -0.2) is 29.4 Å². The zero-order chi connectivity index (χ0) is 20.5. The number of aromatic nitrogens is 1. The summed E-state index contributed by atoms with van der Waals surface area (Å²) in [5, 5.41) is 3.39. The van der Waals surface area contributed by atoms with E-state index in [2.05, 4.69) is 21.2 Å². The fourth-order valence-electron chi connectivity index (χ4n) is 2.50. The summed E-state index contributed by atoms with van der Waals surface area (Å²) in [7, 11) is 0. The zero-order valence-corrected chi connectivity index (χ0v) is 15.6. The summed E-state index contributed by atoms with van der Waals surface area (Å²) in [6.07, 6.45) is -0.641. The van der Waals surface area contributed by atoms with Gasteiger partial charge in [0.2, 0.25) is 5.91 Å². The lowest BCUT2D eigenvalue weighted by molar-refractivity contribution is -0.121. The number of ether oxygens (including phenoxy) is 1. The number of hydrogen-bond donors (Lipinski definition) is 3. The molecule has 2 aromatic carbocycles. The molecular formula is C21H20N4O4. The Hall–Kier alpha value is -3.94. The number of nitrogens with one attached hydrogen (secondary N) is 3. The maximum absolute atomic E-state index is 12.1. The predicted molar refractivity (Wildman–Crippen MR) is 107 cm³/mol. The molecule has 1 aromatic heterocycles. The Kier molecular flexibility index (Phi) is 6.72. The van der Waals surface area contributed by atoms with Crippen LogP contribution < -0.4 is 16.2 Å². The Morgan fingerprint density at radius 2 is 1.62 bits per heavy atom. The highest BCUT2D eigenvalue weighted by atomic mass is 16.5. The van der Waals surface area contributed by atoms with Gasteiger partial charge in [0.05, 0.1) is 5.52 Å². The Morgan fingerprint density at radius 1 is 0.862 bits per heavy atom. The smallest absolute Gasteiger partial charge is 0.407 e. The summed E-state index contributed by atoms with van der Waals surface area (Å²) in [5.41, 5.74) is 6.33. The van der Waals surface area contributed by atoms with E-state index in [0.29, 0.717) is 5.52 Å². The van der Waals surface area contributed by atoms with E-state index in [1.54, 1.807) is 18.2 Å². The molecular weight excluding hydrogens is 372 g/mol. The van der Waals surface area contributed by atoms with Crippen LogP contribution in [0.3, 0.4) is 0 Å². The number of carbonyl (C=O) groups excluding carboxylic acids is 3. The lowest BCUT2D eigenvalue weighted by atomic mass is 10.2. The van der Waals surface area contributed by atoms with Crippen LogP contribution in [0.25, 0.3) is 10.9 Å². The molecule has 0 saturated heterocycles. The summed E-state index contributed by atoms with van der Waals surface area (Å²) >= 11 is 0. The number of fused-ring (bicyclic) bond motifs is 1. The summed E-state index contributed by atoms with van der Waals surface area (Å²) in [5.74, 6) is -0.984. The van der Waals surface area contributed by atoms with Gasteiger partial charge < -0.3 is 10.1 Å². The lowest BCUT2D eigenvalue weighted by Crippen LogP contribution is -2.43. The summed E-state index contributed by atoms with van der Waals surface area (Å²) in [4.78, 5) is 39.8. The van der Waals surface area contributed by atoms with E-state index in [1.807, 2.05) is 48.5 Å². The number of hydrazine groups is 1. The highest BCUT2D eigenvalue weighted by Gasteiger charge is 2.10. The van der Waals surface area contributed by atoms with Gasteiger partial charge in [0.1, 0.15) is 12.3 Å². The highest BCUT2D eigenvalue weighted by molar-refractivity contribution is 5.95. The third-order valence-electron chi connectivity index (χ3n) is 3.98. The second-order valence-corrected chi connectivity index (χ2v) is 6.13. The standard InChI is InChI=1S/C21H20N4O4/c26-19(12-13-22-21(28)29-14-15-6-2-1-3-7-15)24-25-20(27)18-11-10-16-8-4-5-9-17(16)23-18/h1-11H,12-14H2,(H,22,28)(H,24,26)(H,25,27). The van der Waals surface area contributed by atoms with Crippen LogP contribution in [0, 0.1) is 0 Å². The molecule has 3 N–H and O–H groups in total. The number of rotatable bonds is 6. The normalized spacial score (nSPS) is 10.2. The van der Waals surface area contributed by atoms with E-state index in [4.69, 9.17) is 4.74 Å². The molecule has 0 aliphatic carbocycles. The average Bonchev–Trinajstić information content (AvgIpc) is 2.76. The minimum atomic E-state index is -0.619.